The average Bonchev–Trinajstić information content (AvgIpc) is 3.14. The molecule has 0 unspecified atom stereocenters. The summed E-state index contributed by atoms with van der Waals surface area (Å²) in [4.78, 5) is 2.16. The molecule has 0 saturated carbocycles. The monoisotopic (exact) mass is 667 g/mol. The van der Waals surface area contributed by atoms with Crippen molar-refractivity contribution in [1.29, 1.82) is 0 Å². The van der Waals surface area contributed by atoms with Gasteiger partial charge >= 0.3 is 0 Å². The maximum Gasteiger partial charge on any atom is 0.148 e. The molecule has 0 amide bonds. The number of aliphatic hydroxyl groups excluding tert-OH is 2. The van der Waals surface area contributed by atoms with Crippen LogP contribution in [-0.4, -0.2) is 77.2 Å². The lowest BCUT2D eigenvalue weighted by Crippen LogP contribution is -2.73. The van der Waals surface area contributed by atoms with Crippen molar-refractivity contribution in [3.63, 3.8) is 0 Å². The third-order valence-corrected chi connectivity index (χ3v) is 9.77. The summed E-state index contributed by atoms with van der Waals surface area (Å²) in [6.45, 7) is 6.06. The lowest BCUT2D eigenvalue weighted by Gasteiger charge is -2.57. The first-order valence-electron chi connectivity index (χ1n) is 17.3. The third-order valence-electron chi connectivity index (χ3n) is 9.77. The zero-order valence-electron chi connectivity index (χ0n) is 28.4. The van der Waals surface area contributed by atoms with Gasteiger partial charge in [-0.1, -0.05) is 121 Å². The number of likely N-dealkylation sites (tertiary alicyclic amines) is 1. The molecule has 49 heavy (non-hydrogen) atoms. The molecule has 2 aliphatic heterocycles. The zero-order valence-corrected chi connectivity index (χ0v) is 28.4. The average molecular weight is 668 g/mol. The number of aliphatic hydroxyl groups is 2. The van der Waals surface area contributed by atoms with E-state index in [4.69, 9.17) is 23.7 Å². The molecule has 6 rings (SSSR count). The van der Waals surface area contributed by atoms with Crippen LogP contribution in [0.5, 0.6) is 0 Å². The van der Waals surface area contributed by atoms with Crippen LogP contribution in [0.1, 0.15) is 36.1 Å². The molecule has 260 valence electrons. The minimum absolute atomic E-state index is 0.194. The Labute approximate surface area is 290 Å². The van der Waals surface area contributed by atoms with Crippen LogP contribution in [-0.2, 0) is 50.1 Å². The lowest BCUT2D eigenvalue weighted by molar-refractivity contribution is -0.341. The first kappa shape index (κ1) is 35.4. The first-order valence-corrected chi connectivity index (χ1v) is 17.3. The molecule has 0 aromatic heterocycles. The van der Waals surface area contributed by atoms with Gasteiger partial charge in [0.1, 0.15) is 24.0 Å². The smallest absolute Gasteiger partial charge is 0.148 e. The maximum atomic E-state index is 11.3. The SMILES string of the molecule is C[C@H]1O[C@@](C)(N2C[C@H](CO)[C@@H](O)[C@H](OCc3ccccc3)C2)[C@H](OCc2ccccc2)[C@@H](OCc2ccccc2)[C@@H]1OCc1ccccc1. The molecule has 2 heterocycles. The zero-order chi connectivity index (χ0) is 34.1. The van der Waals surface area contributed by atoms with Crippen LogP contribution in [0.25, 0.3) is 0 Å². The van der Waals surface area contributed by atoms with Gasteiger partial charge in [0.2, 0.25) is 0 Å². The molecule has 8 heteroatoms. The molecule has 0 bridgehead atoms. The summed E-state index contributed by atoms with van der Waals surface area (Å²) < 4.78 is 33.8. The fourth-order valence-electron chi connectivity index (χ4n) is 7.02. The van der Waals surface area contributed by atoms with Gasteiger partial charge in [-0.2, -0.15) is 0 Å². The molecular weight excluding hydrogens is 618 g/mol. The van der Waals surface area contributed by atoms with E-state index >= 15 is 0 Å². The number of benzene rings is 4. The normalized spacial score (nSPS) is 29.1. The number of piperidine rings is 1. The Kier molecular flexibility index (Phi) is 12.3. The van der Waals surface area contributed by atoms with E-state index in [1.165, 1.54) is 0 Å². The molecule has 2 saturated heterocycles. The second kappa shape index (κ2) is 17.0. The number of rotatable bonds is 14. The van der Waals surface area contributed by atoms with Crippen LogP contribution in [0, 0.1) is 5.92 Å². The first-order chi connectivity index (χ1) is 23.9. The predicted molar refractivity (Wildman–Crippen MR) is 187 cm³/mol. The highest BCUT2D eigenvalue weighted by Crippen LogP contribution is 2.41. The summed E-state index contributed by atoms with van der Waals surface area (Å²) in [6.07, 6.45) is -3.37. The fourth-order valence-corrected chi connectivity index (χ4v) is 7.02. The van der Waals surface area contributed by atoms with Crippen molar-refractivity contribution < 1.29 is 33.9 Å². The molecule has 0 aliphatic carbocycles. The Balaban J connectivity index is 1.32. The molecule has 2 N–H and O–H groups in total. The topological polar surface area (TPSA) is 89.9 Å². The van der Waals surface area contributed by atoms with Crippen molar-refractivity contribution in [2.45, 2.75) is 82.6 Å². The summed E-state index contributed by atoms with van der Waals surface area (Å²) in [6, 6.07) is 40.2. The van der Waals surface area contributed by atoms with E-state index in [2.05, 4.69) is 4.90 Å². The lowest BCUT2D eigenvalue weighted by atomic mass is 9.85. The molecule has 0 spiro atoms. The van der Waals surface area contributed by atoms with Crippen molar-refractivity contribution in [3.05, 3.63) is 144 Å². The molecule has 0 radical (unpaired) electrons. The van der Waals surface area contributed by atoms with Crippen LogP contribution in [0.15, 0.2) is 121 Å². The van der Waals surface area contributed by atoms with Gasteiger partial charge in [-0.15, -0.1) is 0 Å². The standard InChI is InChI=1S/C41H49NO7/c1-30-38(46-27-32-17-9-4-10-18-32)39(47-28-33-19-11-5-12-20-33)40(48-29-34-21-13-6-14-22-34)41(2,49-30)42-23-35(25-43)37(44)36(24-42)45-26-31-15-7-3-8-16-31/h3-22,30,35-40,43-44H,23-29H2,1-2H3/t30-,35-,36-,37-,38-,39+,40-,41-/m1/s1. The third kappa shape index (κ3) is 8.84. The van der Waals surface area contributed by atoms with Crippen molar-refractivity contribution in [2.24, 2.45) is 5.92 Å². The Morgan fingerprint density at radius 2 is 1.06 bits per heavy atom. The van der Waals surface area contributed by atoms with E-state index in [0.717, 1.165) is 22.3 Å². The highest BCUT2D eigenvalue weighted by molar-refractivity contribution is 5.17. The number of hydrogen-bond donors (Lipinski definition) is 2. The van der Waals surface area contributed by atoms with E-state index in [1.54, 1.807) is 0 Å². The molecular formula is C41H49NO7. The Bertz CT molecular complexity index is 1530. The Hall–Kier alpha value is -3.44. The minimum Gasteiger partial charge on any atom is -0.396 e. The van der Waals surface area contributed by atoms with Crippen LogP contribution in [0.3, 0.4) is 0 Å². The molecule has 8 atom stereocenters. The maximum absolute atomic E-state index is 11.3. The van der Waals surface area contributed by atoms with Gasteiger partial charge in [-0.3, -0.25) is 4.90 Å². The summed E-state index contributed by atoms with van der Waals surface area (Å²) in [5, 5.41) is 21.8. The van der Waals surface area contributed by atoms with Gasteiger partial charge in [0, 0.05) is 25.6 Å². The fraction of sp³-hybridized carbons (Fsp3) is 0.415. The molecule has 2 aliphatic rings. The van der Waals surface area contributed by atoms with E-state index in [1.807, 2.05) is 135 Å². The quantitative estimate of drug-likeness (QED) is 0.176. The van der Waals surface area contributed by atoms with E-state index < -0.39 is 42.2 Å². The van der Waals surface area contributed by atoms with Crippen LogP contribution >= 0.6 is 0 Å². The predicted octanol–water partition coefficient (Wildman–Crippen LogP) is 5.75. The van der Waals surface area contributed by atoms with Crippen molar-refractivity contribution >= 4 is 0 Å². The highest BCUT2D eigenvalue weighted by atomic mass is 16.6. The van der Waals surface area contributed by atoms with Gasteiger partial charge in [0.15, 0.2) is 0 Å². The highest BCUT2D eigenvalue weighted by Gasteiger charge is 2.57. The van der Waals surface area contributed by atoms with Gasteiger partial charge in [-0.05, 0) is 36.1 Å². The van der Waals surface area contributed by atoms with Gasteiger partial charge in [-0.25, -0.2) is 0 Å². The molecule has 2 fully saturated rings. The van der Waals surface area contributed by atoms with Crippen LogP contribution in [0.2, 0.25) is 0 Å². The minimum atomic E-state index is -1.02. The van der Waals surface area contributed by atoms with Crippen molar-refractivity contribution in [2.75, 3.05) is 19.7 Å². The summed E-state index contributed by atoms with van der Waals surface area (Å²) in [5.41, 5.74) is 3.12. The van der Waals surface area contributed by atoms with Crippen molar-refractivity contribution in [1.82, 2.24) is 4.90 Å². The summed E-state index contributed by atoms with van der Waals surface area (Å²) >= 11 is 0. The number of ether oxygens (including phenoxy) is 5. The van der Waals surface area contributed by atoms with Gasteiger partial charge < -0.3 is 33.9 Å². The van der Waals surface area contributed by atoms with Crippen LogP contribution < -0.4 is 0 Å². The second-order valence-corrected chi connectivity index (χ2v) is 13.3. The van der Waals surface area contributed by atoms with E-state index in [-0.39, 0.29) is 12.7 Å². The van der Waals surface area contributed by atoms with E-state index in [9.17, 15) is 10.2 Å². The van der Waals surface area contributed by atoms with E-state index in [0.29, 0.717) is 39.5 Å². The molecule has 4 aromatic rings. The number of hydrogen-bond acceptors (Lipinski definition) is 8. The molecule has 8 nitrogen and oxygen atoms in total. The molecule has 4 aromatic carbocycles. The van der Waals surface area contributed by atoms with Gasteiger partial charge in [0.05, 0.1) is 44.7 Å². The van der Waals surface area contributed by atoms with Crippen molar-refractivity contribution in [3.8, 4) is 0 Å². The Morgan fingerprint density at radius 1 is 0.633 bits per heavy atom. The number of nitrogens with zero attached hydrogens (tertiary/aromatic N) is 1. The largest absolute Gasteiger partial charge is 0.396 e. The van der Waals surface area contributed by atoms with Crippen LogP contribution in [0.4, 0.5) is 0 Å². The van der Waals surface area contributed by atoms with Gasteiger partial charge in [0.25, 0.3) is 0 Å². The summed E-state index contributed by atoms with van der Waals surface area (Å²) in [5.74, 6) is -0.448. The second-order valence-electron chi connectivity index (χ2n) is 13.3. The summed E-state index contributed by atoms with van der Waals surface area (Å²) in [7, 11) is 0. The Morgan fingerprint density at radius 3 is 1.53 bits per heavy atom.